The van der Waals surface area contributed by atoms with Gasteiger partial charge in [0.25, 0.3) is 0 Å². The average Bonchev–Trinajstić information content (AvgIpc) is 2.58. The van der Waals surface area contributed by atoms with E-state index in [0.717, 1.165) is 25.7 Å². The van der Waals surface area contributed by atoms with E-state index in [4.69, 9.17) is 0 Å². The molecule has 0 N–H and O–H groups in total. The van der Waals surface area contributed by atoms with Crippen LogP contribution >= 0.6 is 11.8 Å². The topological polar surface area (TPSA) is 17.1 Å². The highest BCUT2D eigenvalue weighted by Gasteiger charge is 2.18. The molecule has 0 radical (unpaired) electrons. The molecule has 2 heteroatoms. The van der Waals surface area contributed by atoms with Gasteiger partial charge >= 0.3 is 0 Å². The number of carbonyl (C=O) groups is 1. The molecule has 0 fully saturated rings. The molecule has 0 spiro atoms. The molecule has 0 heterocycles. The minimum Gasteiger partial charge on any atom is -0.298 e. The van der Waals surface area contributed by atoms with Crippen LogP contribution in [0.5, 0.6) is 0 Å². The zero-order valence-corrected chi connectivity index (χ0v) is 14.0. The summed E-state index contributed by atoms with van der Waals surface area (Å²) < 4.78 is 0. The fourth-order valence-electron chi connectivity index (χ4n) is 2.41. The van der Waals surface area contributed by atoms with Crippen molar-refractivity contribution >= 4 is 17.5 Å². The number of ketones is 1. The van der Waals surface area contributed by atoms with Gasteiger partial charge in [0.1, 0.15) is 5.78 Å². The predicted octanol–water partition coefficient (Wildman–Crippen LogP) is 5.54. The normalized spacial score (nSPS) is 12.0. The van der Waals surface area contributed by atoms with Gasteiger partial charge in [0, 0.05) is 11.3 Å². The minimum absolute atomic E-state index is 0.0889. The third-order valence-corrected chi connectivity index (χ3v) is 5.03. The van der Waals surface area contributed by atoms with Crippen LogP contribution in [0.4, 0.5) is 0 Å². The molecule has 2 rings (SSSR count). The Kier molecular flexibility index (Phi) is 7.24. The summed E-state index contributed by atoms with van der Waals surface area (Å²) >= 11 is 1.72. The van der Waals surface area contributed by atoms with Crippen LogP contribution in [-0.4, -0.2) is 11.0 Å². The Bertz CT molecular complexity index is 550. The third kappa shape index (κ3) is 5.69. The first-order valence-electron chi connectivity index (χ1n) is 8.08. The van der Waals surface area contributed by atoms with Gasteiger partial charge in [-0.2, -0.15) is 0 Å². The Morgan fingerprint density at radius 3 is 2.27 bits per heavy atom. The maximum atomic E-state index is 12.6. The van der Waals surface area contributed by atoms with Crippen LogP contribution < -0.4 is 0 Å². The number of hydrogen-bond donors (Lipinski definition) is 0. The summed E-state index contributed by atoms with van der Waals surface area (Å²) in [4.78, 5) is 13.8. The van der Waals surface area contributed by atoms with Gasteiger partial charge < -0.3 is 0 Å². The van der Waals surface area contributed by atoms with Crippen molar-refractivity contribution in [1.82, 2.24) is 0 Å². The molecule has 0 aliphatic carbocycles. The Hall–Kier alpha value is -1.54. The van der Waals surface area contributed by atoms with Gasteiger partial charge in [-0.1, -0.05) is 68.3 Å². The summed E-state index contributed by atoms with van der Waals surface area (Å²) in [6.07, 6.45) is 4.71. The molecule has 2 aromatic carbocycles. The van der Waals surface area contributed by atoms with Crippen molar-refractivity contribution < 1.29 is 4.79 Å². The molecule has 0 aromatic heterocycles. The van der Waals surface area contributed by atoms with Gasteiger partial charge in [-0.3, -0.25) is 4.79 Å². The van der Waals surface area contributed by atoms with E-state index in [-0.39, 0.29) is 5.25 Å². The van der Waals surface area contributed by atoms with Crippen LogP contribution in [-0.2, 0) is 11.2 Å². The van der Waals surface area contributed by atoms with Crippen LogP contribution in [0.25, 0.3) is 0 Å². The van der Waals surface area contributed by atoms with E-state index in [9.17, 15) is 4.79 Å². The summed E-state index contributed by atoms with van der Waals surface area (Å²) in [6.45, 7) is 2.18. The smallest absolute Gasteiger partial charge is 0.146 e. The fourth-order valence-corrected chi connectivity index (χ4v) is 3.59. The second-order valence-corrected chi connectivity index (χ2v) is 6.79. The van der Waals surface area contributed by atoms with Gasteiger partial charge in [-0.05, 0) is 30.5 Å². The SMILES string of the molecule is CCCCC(Sc1ccccc1)C(=O)CCc1ccccc1. The van der Waals surface area contributed by atoms with Crippen LogP contribution in [0.2, 0.25) is 0 Å². The summed E-state index contributed by atoms with van der Waals surface area (Å²) in [7, 11) is 0. The number of rotatable bonds is 9. The maximum Gasteiger partial charge on any atom is 0.146 e. The lowest BCUT2D eigenvalue weighted by Crippen LogP contribution is -2.17. The van der Waals surface area contributed by atoms with Crippen LogP contribution in [0.15, 0.2) is 65.6 Å². The highest BCUT2D eigenvalue weighted by molar-refractivity contribution is 8.00. The van der Waals surface area contributed by atoms with E-state index in [1.165, 1.54) is 10.5 Å². The van der Waals surface area contributed by atoms with Crippen molar-refractivity contribution in [1.29, 1.82) is 0 Å². The Morgan fingerprint density at radius 2 is 1.64 bits per heavy atom. The summed E-state index contributed by atoms with van der Waals surface area (Å²) in [6, 6.07) is 20.5. The van der Waals surface area contributed by atoms with E-state index in [1.54, 1.807) is 11.8 Å². The molecular weight excluding hydrogens is 288 g/mol. The lowest BCUT2D eigenvalue weighted by Gasteiger charge is -2.15. The molecule has 1 atom stereocenters. The summed E-state index contributed by atoms with van der Waals surface area (Å²) in [5.74, 6) is 0.381. The Morgan fingerprint density at radius 1 is 1.00 bits per heavy atom. The van der Waals surface area contributed by atoms with Gasteiger partial charge in [-0.25, -0.2) is 0 Å². The first-order valence-corrected chi connectivity index (χ1v) is 8.96. The van der Waals surface area contributed by atoms with Crippen LogP contribution in [0, 0.1) is 0 Å². The highest BCUT2D eigenvalue weighted by atomic mass is 32.2. The van der Waals surface area contributed by atoms with Crippen LogP contribution in [0.3, 0.4) is 0 Å². The van der Waals surface area contributed by atoms with Crippen molar-refractivity contribution in [2.75, 3.05) is 0 Å². The molecule has 1 nitrogen and oxygen atoms in total. The number of aryl methyl sites for hydroxylation is 1. The standard InChI is InChI=1S/C20H24OS/c1-2-3-14-20(22-18-12-8-5-9-13-18)19(21)16-15-17-10-6-4-7-11-17/h4-13,20H,2-3,14-16H2,1H3. The number of Topliss-reactive ketones (excluding diaryl/α,β-unsaturated/α-hetero) is 1. The molecule has 0 amide bonds. The zero-order valence-electron chi connectivity index (χ0n) is 13.2. The molecule has 0 aliphatic heterocycles. The predicted molar refractivity (Wildman–Crippen MR) is 95.4 cm³/mol. The maximum absolute atomic E-state index is 12.6. The van der Waals surface area contributed by atoms with Crippen molar-refractivity contribution in [3.05, 3.63) is 66.2 Å². The van der Waals surface area contributed by atoms with Gasteiger partial charge in [0.2, 0.25) is 0 Å². The lowest BCUT2D eigenvalue weighted by molar-refractivity contribution is -0.118. The van der Waals surface area contributed by atoms with Crippen molar-refractivity contribution in [3.63, 3.8) is 0 Å². The Balaban J connectivity index is 1.93. The third-order valence-electron chi connectivity index (χ3n) is 3.70. The number of benzene rings is 2. The van der Waals surface area contributed by atoms with Gasteiger partial charge in [-0.15, -0.1) is 11.8 Å². The van der Waals surface area contributed by atoms with Crippen LogP contribution in [0.1, 0.15) is 38.2 Å². The minimum atomic E-state index is 0.0889. The average molecular weight is 312 g/mol. The molecule has 1 unspecified atom stereocenters. The van der Waals surface area contributed by atoms with E-state index >= 15 is 0 Å². The van der Waals surface area contributed by atoms with Crippen molar-refractivity contribution in [3.8, 4) is 0 Å². The molecule has 0 bridgehead atoms. The molecule has 0 aliphatic rings. The number of carbonyl (C=O) groups excluding carboxylic acids is 1. The van der Waals surface area contributed by atoms with Crippen molar-refractivity contribution in [2.24, 2.45) is 0 Å². The Labute approximate surface area is 138 Å². The van der Waals surface area contributed by atoms with E-state index in [2.05, 4.69) is 31.2 Å². The molecule has 0 saturated carbocycles. The molecule has 0 saturated heterocycles. The number of hydrogen-bond acceptors (Lipinski definition) is 2. The van der Waals surface area contributed by atoms with E-state index < -0.39 is 0 Å². The molecule has 2 aromatic rings. The first kappa shape index (κ1) is 16.8. The largest absolute Gasteiger partial charge is 0.298 e. The highest BCUT2D eigenvalue weighted by Crippen LogP contribution is 2.28. The zero-order chi connectivity index (χ0) is 15.6. The molecular formula is C20H24OS. The van der Waals surface area contributed by atoms with Crippen molar-refractivity contribution in [2.45, 2.75) is 49.2 Å². The van der Waals surface area contributed by atoms with Gasteiger partial charge in [0.05, 0.1) is 5.25 Å². The van der Waals surface area contributed by atoms with E-state index in [1.807, 2.05) is 36.4 Å². The second kappa shape index (κ2) is 9.47. The number of thioether (sulfide) groups is 1. The molecule has 22 heavy (non-hydrogen) atoms. The molecule has 116 valence electrons. The fraction of sp³-hybridized carbons (Fsp3) is 0.350. The van der Waals surface area contributed by atoms with E-state index in [0.29, 0.717) is 12.2 Å². The summed E-state index contributed by atoms with van der Waals surface area (Å²) in [5.41, 5.74) is 1.25. The monoisotopic (exact) mass is 312 g/mol. The quantitative estimate of drug-likeness (QED) is 0.565. The first-order chi connectivity index (χ1) is 10.8. The second-order valence-electron chi connectivity index (χ2n) is 5.51. The lowest BCUT2D eigenvalue weighted by atomic mass is 10.0. The van der Waals surface area contributed by atoms with Gasteiger partial charge in [0.15, 0.2) is 0 Å². The summed E-state index contributed by atoms with van der Waals surface area (Å²) in [5, 5.41) is 0.0889. The number of unbranched alkanes of at least 4 members (excludes halogenated alkanes) is 1.